The predicted octanol–water partition coefficient (Wildman–Crippen LogP) is 2.75. The van der Waals surface area contributed by atoms with Gasteiger partial charge in [0.25, 0.3) is 0 Å². The van der Waals surface area contributed by atoms with Crippen molar-refractivity contribution in [3.63, 3.8) is 0 Å². The Bertz CT molecular complexity index is 566. The number of aliphatic carboxylic acids is 1. The third kappa shape index (κ3) is 3.57. The average Bonchev–Trinajstić information content (AvgIpc) is 2.85. The van der Waals surface area contributed by atoms with Crippen LogP contribution in [0, 0.1) is 6.92 Å². The van der Waals surface area contributed by atoms with Gasteiger partial charge in [-0.25, -0.2) is 0 Å². The summed E-state index contributed by atoms with van der Waals surface area (Å²) in [6, 6.07) is 7.78. The van der Waals surface area contributed by atoms with Crippen LogP contribution in [-0.4, -0.2) is 26.5 Å². The maximum atomic E-state index is 10.7. The minimum absolute atomic E-state index is 0.395. The topological polar surface area (TPSA) is 76.2 Å². The molecule has 1 atom stereocenters. The van der Waals surface area contributed by atoms with Gasteiger partial charge in [0, 0.05) is 5.56 Å². The standard InChI is InChI=1S/C13H14N2O3S/c1-8-3-5-10(6-4-8)12-15-14-11(18-12)7-19-9(2)13(16)17/h3-6,9H,7H2,1-2H3,(H,16,17). The summed E-state index contributed by atoms with van der Waals surface area (Å²) in [6.45, 7) is 3.64. The van der Waals surface area contributed by atoms with E-state index >= 15 is 0 Å². The molecule has 0 saturated carbocycles. The Morgan fingerprint density at radius 3 is 2.68 bits per heavy atom. The van der Waals surface area contributed by atoms with Crippen molar-refractivity contribution in [1.29, 1.82) is 0 Å². The highest BCUT2D eigenvalue weighted by atomic mass is 32.2. The third-order valence-corrected chi connectivity index (χ3v) is 3.69. The van der Waals surface area contributed by atoms with E-state index in [4.69, 9.17) is 9.52 Å². The van der Waals surface area contributed by atoms with Crippen LogP contribution in [0.25, 0.3) is 11.5 Å². The second kappa shape index (κ2) is 5.88. The quantitative estimate of drug-likeness (QED) is 0.906. The van der Waals surface area contributed by atoms with E-state index in [0.717, 1.165) is 11.1 Å². The normalized spacial score (nSPS) is 12.3. The highest BCUT2D eigenvalue weighted by Gasteiger charge is 2.14. The van der Waals surface area contributed by atoms with Gasteiger partial charge in [-0.1, -0.05) is 17.7 Å². The number of hydrogen-bond donors (Lipinski definition) is 1. The van der Waals surface area contributed by atoms with E-state index in [1.807, 2.05) is 31.2 Å². The van der Waals surface area contributed by atoms with E-state index < -0.39 is 11.2 Å². The SMILES string of the molecule is Cc1ccc(-c2nnc(CSC(C)C(=O)O)o2)cc1. The van der Waals surface area contributed by atoms with Crippen LogP contribution in [0.2, 0.25) is 0 Å². The number of thioether (sulfide) groups is 1. The van der Waals surface area contributed by atoms with Crippen LogP contribution in [0.4, 0.5) is 0 Å². The minimum Gasteiger partial charge on any atom is -0.480 e. The number of aryl methyl sites for hydroxylation is 1. The summed E-state index contributed by atoms with van der Waals surface area (Å²) >= 11 is 1.25. The van der Waals surface area contributed by atoms with E-state index in [-0.39, 0.29) is 0 Å². The monoisotopic (exact) mass is 278 g/mol. The first-order valence-corrected chi connectivity index (χ1v) is 6.85. The number of nitrogens with zero attached hydrogens (tertiary/aromatic N) is 2. The summed E-state index contributed by atoms with van der Waals surface area (Å²) in [5.74, 6) is 0.447. The van der Waals surface area contributed by atoms with E-state index in [2.05, 4.69) is 10.2 Å². The van der Waals surface area contributed by atoms with Gasteiger partial charge in [-0.3, -0.25) is 4.79 Å². The van der Waals surface area contributed by atoms with E-state index in [1.165, 1.54) is 11.8 Å². The number of carboxylic acids is 1. The van der Waals surface area contributed by atoms with Crippen molar-refractivity contribution in [3.8, 4) is 11.5 Å². The lowest BCUT2D eigenvalue weighted by Gasteiger charge is -2.02. The molecule has 5 nitrogen and oxygen atoms in total. The van der Waals surface area contributed by atoms with Crippen molar-refractivity contribution in [2.45, 2.75) is 24.9 Å². The molecule has 0 saturated heterocycles. The Kier molecular flexibility index (Phi) is 4.21. The fraction of sp³-hybridized carbons (Fsp3) is 0.308. The molecular weight excluding hydrogens is 264 g/mol. The highest BCUT2D eigenvalue weighted by Crippen LogP contribution is 2.22. The highest BCUT2D eigenvalue weighted by molar-refractivity contribution is 7.99. The first-order chi connectivity index (χ1) is 9.06. The van der Waals surface area contributed by atoms with E-state index in [0.29, 0.717) is 17.5 Å². The molecule has 0 spiro atoms. The third-order valence-electron chi connectivity index (χ3n) is 2.57. The number of carboxylic acid groups (broad SMARTS) is 1. The van der Waals surface area contributed by atoms with Crippen molar-refractivity contribution in [1.82, 2.24) is 10.2 Å². The number of rotatable bonds is 5. The van der Waals surface area contributed by atoms with Crippen molar-refractivity contribution in [2.75, 3.05) is 0 Å². The van der Waals surface area contributed by atoms with Crippen molar-refractivity contribution >= 4 is 17.7 Å². The fourth-order valence-corrected chi connectivity index (χ4v) is 2.04. The number of hydrogen-bond acceptors (Lipinski definition) is 5. The van der Waals surface area contributed by atoms with Crippen molar-refractivity contribution in [3.05, 3.63) is 35.7 Å². The Morgan fingerprint density at radius 2 is 2.05 bits per heavy atom. The van der Waals surface area contributed by atoms with Gasteiger partial charge in [-0.2, -0.15) is 0 Å². The zero-order valence-electron chi connectivity index (χ0n) is 10.7. The van der Waals surface area contributed by atoms with Crippen LogP contribution in [0.3, 0.4) is 0 Å². The van der Waals surface area contributed by atoms with Gasteiger partial charge >= 0.3 is 5.97 Å². The van der Waals surface area contributed by atoms with Gasteiger partial charge in [-0.15, -0.1) is 22.0 Å². The zero-order valence-corrected chi connectivity index (χ0v) is 11.5. The van der Waals surface area contributed by atoms with Gasteiger partial charge in [0.05, 0.1) is 11.0 Å². The largest absolute Gasteiger partial charge is 0.480 e. The van der Waals surface area contributed by atoms with E-state index in [1.54, 1.807) is 6.92 Å². The fourth-order valence-electron chi connectivity index (χ4n) is 1.39. The van der Waals surface area contributed by atoms with Crippen molar-refractivity contribution < 1.29 is 14.3 Å². The molecule has 19 heavy (non-hydrogen) atoms. The van der Waals surface area contributed by atoms with Gasteiger partial charge in [0.2, 0.25) is 11.8 Å². The number of carbonyl (C=O) groups is 1. The molecule has 6 heteroatoms. The molecule has 2 rings (SSSR count). The van der Waals surface area contributed by atoms with Crippen LogP contribution in [0.15, 0.2) is 28.7 Å². The second-order valence-electron chi connectivity index (χ2n) is 4.16. The molecule has 1 N–H and O–H groups in total. The molecule has 0 aliphatic rings. The smallest absolute Gasteiger partial charge is 0.316 e. The summed E-state index contributed by atoms with van der Waals surface area (Å²) < 4.78 is 5.50. The number of benzene rings is 1. The average molecular weight is 278 g/mol. The van der Waals surface area contributed by atoms with Crippen LogP contribution in [-0.2, 0) is 10.5 Å². The van der Waals surface area contributed by atoms with Gasteiger partial charge < -0.3 is 9.52 Å². The van der Waals surface area contributed by atoms with Crippen LogP contribution in [0.1, 0.15) is 18.4 Å². The van der Waals surface area contributed by atoms with Crippen LogP contribution in [0.5, 0.6) is 0 Å². The van der Waals surface area contributed by atoms with Crippen molar-refractivity contribution in [2.24, 2.45) is 0 Å². The summed E-state index contributed by atoms with van der Waals surface area (Å²) in [5.41, 5.74) is 2.02. The minimum atomic E-state index is -0.844. The van der Waals surface area contributed by atoms with Gasteiger partial charge in [-0.05, 0) is 26.0 Å². The molecule has 0 radical (unpaired) electrons. The molecule has 0 bridgehead atoms. The molecule has 1 unspecified atom stereocenters. The first-order valence-electron chi connectivity index (χ1n) is 5.80. The lowest BCUT2D eigenvalue weighted by Crippen LogP contribution is -2.11. The van der Waals surface area contributed by atoms with E-state index in [9.17, 15) is 4.79 Å². The molecule has 100 valence electrons. The van der Waals surface area contributed by atoms with Gasteiger partial charge in [0.15, 0.2) is 0 Å². The molecule has 2 aromatic rings. The molecule has 1 heterocycles. The Hall–Kier alpha value is -1.82. The molecule has 0 amide bonds. The Balaban J connectivity index is 2.03. The molecule has 0 aliphatic heterocycles. The van der Waals surface area contributed by atoms with Crippen LogP contribution >= 0.6 is 11.8 Å². The van der Waals surface area contributed by atoms with Gasteiger partial charge in [0.1, 0.15) is 0 Å². The second-order valence-corrected chi connectivity index (χ2v) is 5.49. The maximum absolute atomic E-state index is 10.7. The predicted molar refractivity (Wildman–Crippen MR) is 72.9 cm³/mol. The van der Waals surface area contributed by atoms with Crippen LogP contribution < -0.4 is 0 Å². The lowest BCUT2D eigenvalue weighted by molar-refractivity contribution is -0.136. The molecule has 1 aromatic heterocycles. The number of aromatic nitrogens is 2. The molecule has 0 fully saturated rings. The molecular formula is C13H14N2O3S. The lowest BCUT2D eigenvalue weighted by atomic mass is 10.1. The maximum Gasteiger partial charge on any atom is 0.316 e. The summed E-state index contributed by atoms with van der Waals surface area (Å²) in [6.07, 6.45) is 0. The summed E-state index contributed by atoms with van der Waals surface area (Å²) in [4.78, 5) is 10.7. The molecule has 1 aromatic carbocycles. The zero-order chi connectivity index (χ0) is 13.8. The first kappa shape index (κ1) is 13.6. The Morgan fingerprint density at radius 1 is 1.37 bits per heavy atom. The summed E-state index contributed by atoms with van der Waals surface area (Å²) in [7, 11) is 0. The Labute approximate surface area is 115 Å². The summed E-state index contributed by atoms with van der Waals surface area (Å²) in [5, 5.41) is 16.2. The molecule has 0 aliphatic carbocycles.